The van der Waals surface area contributed by atoms with Crippen molar-refractivity contribution in [2.75, 3.05) is 32.8 Å². The van der Waals surface area contributed by atoms with Gasteiger partial charge in [-0.1, -0.05) is 30.4 Å². The van der Waals surface area contributed by atoms with Gasteiger partial charge in [0.1, 0.15) is 12.4 Å². The maximum absolute atomic E-state index is 12.7. The van der Waals surface area contributed by atoms with Gasteiger partial charge in [-0.3, -0.25) is 19.5 Å². The Morgan fingerprint density at radius 2 is 1.77 bits per heavy atom. The SMILES string of the molecule is CCNC(=NCCN1C(=O)C2C3C=CC(C3)C2C1=O)NCCOc1ccccc1.I. The topological polar surface area (TPSA) is 83.0 Å². The molecule has 2 bridgehead atoms. The molecule has 162 valence electrons. The Kier molecular flexibility index (Phi) is 7.74. The van der Waals surface area contributed by atoms with E-state index in [9.17, 15) is 9.59 Å². The van der Waals surface area contributed by atoms with Gasteiger partial charge < -0.3 is 15.4 Å². The number of carbonyl (C=O) groups is 2. The zero-order valence-corrected chi connectivity index (χ0v) is 19.5. The Hall–Kier alpha value is -2.10. The van der Waals surface area contributed by atoms with E-state index in [-0.39, 0.29) is 59.5 Å². The summed E-state index contributed by atoms with van der Waals surface area (Å²) in [6.07, 6.45) is 5.19. The van der Waals surface area contributed by atoms with Gasteiger partial charge in [0, 0.05) is 13.1 Å². The van der Waals surface area contributed by atoms with E-state index in [1.165, 1.54) is 4.90 Å². The minimum atomic E-state index is -0.136. The van der Waals surface area contributed by atoms with Crippen molar-refractivity contribution >= 4 is 41.8 Å². The molecule has 0 aromatic heterocycles. The molecule has 3 aliphatic rings. The fourth-order valence-electron chi connectivity index (χ4n) is 4.64. The fourth-order valence-corrected chi connectivity index (χ4v) is 4.64. The van der Waals surface area contributed by atoms with Gasteiger partial charge in [-0.25, -0.2) is 0 Å². The molecular weight excluding hydrogens is 495 g/mol. The number of carbonyl (C=O) groups excluding carboxylic acids is 2. The minimum absolute atomic E-state index is 0. The van der Waals surface area contributed by atoms with Gasteiger partial charge in [-0.05, 0) is 37.3 Å². The Balaban J connectivity index is 0.00000256. The molecule has 0 spiro atoms. The average Bonchev–Trinajstić information content (AvgIpc) is 3.41. The number of imide groups is 1. The number of para-hydroxylation sites is 1. The van der Waals surface area contributed by atoms with Crippen LogP contribution in [0.5, 0.6) is 5.75 Å². The van der Waals surface area contributed by atoms with Gasteiger partial charge in [0.25, 0.3) is 0 Å². The Morgan fingerprint density at radius 3 is 2.40 bits per heavy atom. The highest BCUT2D eigenvalue weighted by atomic mass is 127. The number of nitrogens with one attached hydrogen (secondary N) is 2. The molecule has 2 fully saturated rings. The van der Waals surface area contributed by atoms with Crippen LogP contribution >= 0.6 is 24.0 Å². The number of benzene rings is 1. The third kappa shape index (κ3) is 4.63. The summed E-state index contributed by atoms with van der Waals surface area (Å²) in [6.45, 7) is 4.55. The molecule has 1 saturated heterocycles. The predicted molar refractivity (Wildman–Crippen MR) is 126 cm³/mol. The number of hydrogen-bond acceptors (Lipinski definition) is 4. The summed E-state index contributed by atoms with van der Waals surface area (Å²) in [6, 6.07) is 9.65. The van der Waals surface area contributed by atoms with Crippen LogP contribution in [0.3, 0.4) is 0 Å². The number of halogens is 1. The first-order chi connectivity index (χ1) is 14.2. The summed E-state index contributed by atoms with van der Waals surface area (Å²) in [7, 11) is 0. The number of likely N-dealkylation sites (tertiary alicyclic amines) is 1. The van der Waals surface area contributed by atoms with Crippen LogP contribution in [0, 0.1) is 23.7 Å². The second-order valence-corrected chi connectivity index (χ2v) is 7.68. The van der Waals surface area contributed by atoms with E-state index in [1.54, 1.807) is 0 Å². The molecule has 1 aromatic rings. The van der Waals surface area contributed by atoms with Crippen molar-refractivity contribution in [1.82, 2.24) is 15.5 Å². The van der Waals surface area contributed by atoms with Crippen LogP contribution in [-0.2, 0) is 9.59 Å². The maximum Gasteiger partial charge on any atom is 0.233 e. The second-order valence-electron chi connectivity index (χ2n) is 7.68. The quantitative estimate of drug-likeness (QED) is 0.136. The van der Waals surface area contributed by atoms with Crippen molar-refractivity contribution in [3.05, 3.63) is 42.5 Å². The van der Waals surface area contributed by atoms with E-state index in [2.05, 4.69) is 27.8 Å². The van der Waals surface area contributed by atoms with Crippen LogP contribution in [0.2, 0.25) is 0 Å². The first-order valence-electron chi connectivity index (χ1n) is 10.4. The number of ether oxygens (including phenoxy) is 1. The van der Waals surface area contributed by atoms with E-state index in [1.807, 2.05) is 37.3 Å². The van der Waals surface area contributed by atoms with Crippen molar-refractivity contribution in [2.45, 2.75) is 13.3 Å². The lowest BCUT2D eigenvalue weighted by Crippen LogP contribution is -2.40. The van der Waals surface area contributed by atoms with Crippen molar-refractivity contribution in [2.24, 2.45) is 28.7 Å². The second kappa shape index (κ2) is 10.3. The summed E-state index contributed by atoms with van der Waals surface area (Å²) >= 11 is 0. The first kappa shape index (κ1) is 22.6. The normalized spacial score (nSPS) is 26.6. The Morgan fingerprint density at radius 1 is 1.10 bits per heavy atom. The van der Waals surface area contributed by atoms with Gasteiger partial charge in [0.15, 0.2) is 5.96 Å². The number of amides is 2. The highest BCUT2D eigenvalue weighted by Crippen LogP contribution is 2.52. The van der Waals surface area contributed by atoms with Gasteiger partial charge in [0.2, 0.25) is 11.8 Å². The lowest BCUT2D eigenvalue weighted by molar-refractivity contribution is -0.140. The largest absolute Gasteiger partial charge is 0.492 e. The predicted octanol–water partition coefficient (Wildman–Crippen LogP) is 2.05. The van der Waals surface area contributed by atoms with E-state index in [4.69, 9.17) is 4.74 Å². The van der Waals surface area contributed by atoms with Crippen molar-refractivity contribution in [3.8, 4) is 5.75 Å². The fraction of sp³-hybridized carbons (Fsp3) is 0.500. The van der Waals surface area contributed by atoms with Gasteiger partial charge in [0.05, 0.1) is 24.9 Å². The zero-order valence-electron chi connectivity index (χ0n) is 17.1. The Bertz CT molecular complexity index is 784. The summed E-state index contributed by atoms with van der Waals surface area (Å²) in [5, 5.41) is 6.40. The number of aliphatic imine (C=N–C) groups is 1. The molecule has 7 nitrogen and oxygen atoms in total. The average molecular weight is 524 g/mol. The summed E-state index contributed by atoms with van der Waals surface area (Å²) < 4.78 is 5.67. The van der Waals surface area contributed by atoms with Crippen molar-refractivity contribution in [3.63, 3.8) is 0 Å². The monoisotopic (exact) mass is 524 g/mol. The zero-order chi connectivity index (χ0) is 20.2. The third-order valence-corrected chi connectivity index (χ3v) is 5.91. The molecule has 1 aliphatic heterocycles. The van der Waals surface area contributed by atoms with Crippen molar-refractivity contribution < 1.29 is 14.3 Å². The number of allylic oxidation sites excluding steroid dienone is 2. The molecular formula is C22H29IN4O3. The Labute approximate surface area is 194 Å². The van der Waals surface area contributed by atoms with E-state index < -0.39 is 0 Å². The van der Waals surface area contributed by atoms with E-state index in [0.717, 1.165) is 18.7 Å². The lowest BCUT2D eigenvalue weighted by atomic mass is 9.85. The van der Waals surface area contributed by atoms with Crippen molar-refractivity contribution in [1.29, 1.82) is 0 Å². The number of nitrogens with zero attached hydrogens (tertiary/aromatic N) is 2. The summed E-state index contributed by atoms with van der Waals surface area (Å²) in [4.78, 5) is 31.4. The number of fused-ring (bicyclic) bond motifs is 5. The minimum Gasteiger partial charge on any atom is -0.492 e. The van der Waals surface area contributed by atoms with E-state index in [0.29, 0.717) is 32.2 Å². The third-order valence-electron chi connectivity index (χ3n) is 5.91. The van der Waals surface area contributed by atoms with Crippen LogP contribution in [0.1, 0.15) is 13.3 Å². The molecule has 2 amide bonds. The molecule has 2 aliphatic carbocycles. The molecule has 30 heavy (non-hydrogen) atoms. The maximum atomic E-state index is 12.7. The number of hydrogen-bond donors (Lipinski definition) is 2. The van der Waals surface area contributed by atoms with E-state index >= 15 is 0 Å². The molecule has 4 atom stereocenters. The molecule has 1 saturated carbocycles. The van der Waals surface area contributed by atoms with Crippen LogP contribution in [0.4, 0.5) is 0 Å². The molecule has 1 heterocycles. The van der Waals surface area contributed by atoms with Crippen LogP contribution in [0.15, 0.2) is 47.5 Å². The van der Waals surface area contributed by atoms with Crippen LogP contribution in [-0.4, -0.2) is 55.5 Å². The van der Waals surface area contributed by atoms with Crippen LogP contribution in [0.25, 0.3) is 0 Å². The first-order valence-corrected chi connectivity index (χ1v) is 10.4. The highest BCUT2D eigenvalue weighted by molar-refractivity contribution is 14.0. The summed E-state index contributed by atoms with van der Waals surface area (Å²) in [5.41, 5.74) is 0. The molecule has 8 heteroatoms. The number of guanidine groups is 1. The lowest BCUT2D eigenvalue weighted by Gasteiger charge is -2.17. The van der Waals surface area contributed by atoms with Crippen LogP contribution < -0.4 is 15.4 Å². The summed E-state index contributed by atoms with van der Waals surface area (Å²) in [5.74, 6) is 1.69. The molecule has 4 unspecified atom stereocenters. The molecule has 1 aromatic carbocycles. The molecule has 0 radical (unpaired) electrons. The van der Waals surface area contributed by atoms with Gasteiger partial charge >= 0.3 is 0 Å². The molecule has 4 rings (SSSR count). The van der Waals surface area contributed by atoms with Gasteiger partial charge in [-0.2, -0.15) is 0 Å². The number of rotatable bonds is 8. The van der Waals surface area contributed by atoms with Gasteiger partial charge in [-0.15, -0.1) is 24.0 Å². The molecule has 2 N–H and O–H groups in total. The standard InChI is InChI=1S/C22H28N4O3.HI/c1-2-23-22(25-11-13-29-17-6-4-3-5-7-17)24-10-12-26-20(27)18-15-8-9-16(14-15)19(18)21(26)28;/h3-9,15-16,18-19H,2,10-14H2,1H3,(H2,23,24,25);1H. The smallest absolute Gasteiger partial charge is 0.233 e. The highest BCUT2D eigenvalue weighted by Gasteiger charge is 2.58.